The minimum absolute atomic E-state index is 0.0298. The summed E-state index contributed by atoms with van der Waals surface area (Å²) in [6.45, 7) is 1.95. The lowest BCUT2D eigenvalue weighted by Gasteiger charge is -2.18. The van der Waals surface area contributed by atoms with Crippen molar-refractivity contribution in [1.29, 1.82) is 0 Å². The van der Waals surface area contributed by atoms with E-state index < -0.39 is 4.92 Å². The van der Waals surface area contributed by atoms with Crippen molar-refractivity contribution in [2.24, 2.45) is 10.1 Å². The number of hydrogen-bond donors (Lipinski definition) is 2. The number of rotatable bonds is 5. The van der Waals surface area contributed by atoms with E-state index in [1.54, 1.807) is 35.2 Å². The number of nitro benzene ring substituents is 1. The molecule has 10 nitrogen and oxygen atoms in total. The molecule has 0 spiro atoms. The maximum atomic E-state index is 11.9. The van der Waals surface area contributed by atoms with Crippen LogP contribution in [0.4, 0.5) is 17.1 Å². The summed E-state index contributed by atoms with van der Waals surface area (Å²) in [7, 11) is 0. The Labute approximate surface area is 219 Å². The first-order valence-electron chi connectivity index (χ1n) is 11.7. The van der Waals surface area contributed by atoms with Crippen molar-refractivity contribution in [3.8, 4) is 17.0 Å². The van der Waals surface area contributed by atoms with Crippen molar-refractivity contribution >= 4 is 51.4 Å². The lowest BCUT2D eigenvalue weighted by Crippen LogP contribution is -2.25. The van der Waals surface area contributed by atoms with Crippen LogP contribution in [0.3, 0.4) is 0 Å². The van der Waals surface area contributed by atoms with Gasteiger partial charge in [-0.3, -0.25) is 14.9 Å². The van der Waals surface area contributed by atoms with Gasteiger partial charge in [-0.2, -0.15) is 5.10 Å². The Morgan fingerprint density at radius 1 is 1.13 bits per heavy atom. The highest BCUT2D eigenvalue weighted by atomic mass is 32.1. The average Bonchev–Trinajstić information content (AvgIpc) is 3.46. The number of benzene rings is 3. The summed E-state index contributed by atoms with van der Waals surface area (Å²) < 4.78 is 7.14. The number of nitrogens with zero attached hydrogens (tertiary/aromatic N) is 4. The van der Waals surface area contributed by atoms with E-state index in [9.17, 15) is 14.9 Å². The Morgan fingerprint density at radius 3 is 2.82 bits per heavy atom. The predicted octanol–water partition coefficient (Wildman–Crippen LogP) is 5.36. The zero-order chi connectivity index (χ0) is 26.2. The van der Waals surface area contributed by atoms with Gasteiger partial charge in [0.15, 0.2) is 6.61 Å². The van der Waals surface area contributed by atoms with Gasteiger partial charge >= 0.3 is 0 Å². The molecule has 5 aromatic rings. The van der Waals surface area contributed by atoms with Gasteiger partial charge in [0, 0.05) is 39.2 Å². The minimum atomic E-state index is -0.456. The van der Waals surface area contributed by atoms with Gasteiger partial charge in [-0.05, 0) is 37.3 Å². The van der Waals surface area contributed by atoms with E-state index in [1.807, 2.05) is 48.7 Å². The van der Waals surface area contributed by atoms with E-state index in [2.05, 4.69) is 15.3 Å². The fourth-order valence-electron chi connectivity index (χ4n) is 4.33. The summed E-state index contributed by atoms with van der Waals surface area (Å²) >= 11 is 1.30. The SMILES string of the molecule is Cc1[nH]c2ccccc2c1C=Nn1c(-c2ccc3c(c2)NC(=O)CO3)csc1=Nc1ccccc1[N+](=O)[O-]. The van der Waals surface area contributed by atoms with Crippen LogP contribution in [0.2, 0.25) is 0 Å². The number of aromatic nitrogens is 2. The first-order chi connectivity index (χ1) is 18.5. The molecule has 0 radical (unpaired) electrons. The van der Waals surface area contributed by atoms with E-state index in [1.165, 1.54) is 17.4 Å². The fraction of sp³-hybridized carbons (Fsp3) is 0.0741. The van der Waals surface area contributed by atoms with Crippen molar-refractivity contribution < 1.29 is 14.5 Å². The number of nitrogens with one attached hydrogen (secondary N) is 2. The van der Waals surface area contributed by atoms with Crippen LogP contribution < -0.4 is 14.9 Å². The topological polar surface area (TPSA) is 127 Å². The molecule has 6 rings (SSSR count). The molecule has 0 saturated carbocycles. The maximum absolute atomic E-state index is 11.9. The van der Waals surface area contributed by atoms with Crippen LogP contribution in [0.5, 0.6) is 5.75 Å². The number of carbonyl (C=O) groups excluding carboxylic acids is 1. The second kappa shape index (κ2) is 9.45. The summed E-state index contributed by atoms with van der Waals surface area (Å²) in [6.07, 6.45) is 1.76. The number of ether oxygens (including phenoxy) is 1. The molecule has 3 heterocycles. The Morgan fingerprint density at radius 2 is 1.95 bits per heavy atom. The second-order valence-corrected chi connectivity index (χ2v) is 9.41. The van der Waals surface area contributed by atoms with E-state index in [0.717, 1.165) is 27.7 Å². The third kappa shape index (κ3) is 4.24. The number of aryl methyl sites for hydroxylation is 1. The number of aromatic amines is 1. The Balaban J connectivity index is 1.53. The summed E-state index contributed by atoms with van der Waals surface area (Å²) in [4.78, 5) is 31.4. The number of carbonyl (C=O) groups is 1. The van der Waals surface area contributed by atoms with Gasteiger partial charge in [0.25, 0.3) is 11.6 Å². The van der Waals surface area contributed by atoms with Crippen LogP contribution in [0, 0.1) is 17.0 Å². The molecule has 1 aliphatic rings. The number of nitro groups is 1. The largest absolute Gasteiger partial charge is 0.482 e. The summed E-state index contributed by atoms with van der Waals surface area (Å²) in [6, 6.07) is 19.8. The van der Waals surface area contributed by atoms with Crippen LogP contribution in [0.15, 0.2) is 82.2 Å². The Bertz CT molecular complexity index is 1830. The quantitative estimate of drug-likeness (QED) is 0.182. The number of fused-ring (bicyclic) bond motifs is 2. The average molecular weight is 525 g/mol. The van der Waals surface area contributed by atoms with Crippen LogP contribution in [-0.4, -0.2) is 33.3 Å². The van der Waals surface area contributed by atoms with Crippen LogP contribution in [0.25, 0.3) is 22.2 Å². The van der Waals surface area contributed by atoms with Crippen LogP contribution in [-0.2, 0) is 4.79 Å². The van der Waals surface area contributed by atoms with Crippen molar-refractivity contribution in [1.82, 2.24) is 9.66 Å². The van der Waals surface area contributed by atoms with Crippen molar-refractivity contribution in [2.75, 3.05) is 11.9 Å². The summed E-state index contributed by atoms with van der Waals surface area (Å²) in [5.41, 5.74) is 5.03. The molecule has 0 aliphatic carbocycles. The number of para-hydroxylation sites is 3. The molecule has 2 N–H and O–H groups in total. The first kappa shape index (κ1) is 23.4. The van der Waals surface area contributed by atoms with Crippen LogP contribution >= 0.6 is 11.3 Å². The van der Waals surface area contributed by atoms with E-state index >= 15 is 0 Å². The van der Waals surface area contributed by atoms with E-state index in [-0.39, 0.29) is 23.9 Å². The Hall–Kier alpha value is -5.03. The normalized spacial score (nSPS) is 13.5. The van der Waals surface area contributed by atoms with E-state index in [0.29, 0.717) is 21.9 Å². The molecule has 1 amide bonds. The first-order valence-corrected chi connectivity index (χ1v) is 12.5. The third-order valence-corrected chi connectivity index (χ3v) is 6.95. The molecule has 0 fully saturated rings. The Kier molecular flexibility index (Phi) is 5.81. The molecule has 3 aromatic carbocycles. The highest BCUT2D eigenvalue weighted by Crippen LogP contribution is 2.33. The standard InChI is InChI=1S/C27H20N6O4S/c1-16-19(18-6-2-3-7-20(18)29-16)13-28-32-24(17-10-11-25-22(12-17)30-26(34)14-37-25)15-38-27(32)31-21-8-4-5-9-23(21)33(35)36/h2-13,15,29H,14H2,1H3,(H,30,34). The van der Waals surface area contributed by atoms with Crippen LogP contribution in [0.1, 0.15) is 11.3 Å². The highest BCUT2D eigenvalue weighted by Gasteiger charge is 2.19. The second-order valence-electron chi connectivity index (χ2n) is 8.57. The van der Waals surface area contributed by atoms with Crippen molar-refractivity contribution in [3.63, 3.8) is 0 Å². The monoisotopic (exact) mass is 524 g/mol. The number of H-pyrrole nitrogens is 1. The fourth-order valence-corrected chi connectivity index (χ4v) is 5.18. The molecule has 2 aromatic heterocycles. The molecule has 188 valence electrons. The molecule has 0 atom stereocenters. The van der Waals surface area contributed by atoms with Crippen molar-refractivity contribution in [2.45, 2.75) is 6.92 Å². The number of amides is 1. The molecule has 1 aliphatic heterocycles. The molecular formula is C27H20N6O4S. The van der Waals surface area contributed by atoms with Gasteiger partial charge < -0.3 is 15.0 Å². The number of anilines is 1. The highest BCUT2D eigenvalue weighted by molar-refractivity contribution is 7.07. The lowest BCUT2D eigenvalue weighted by atomic mass is 10.1. The molecule has 0 saturated heterocycles. The predicted molar refractivity (Wildman–Crippen MR) is 146 cm³/mol. The smallest absolute Gasteiger partial charge is 0.294 e. The van der Waals surface area contributed by atoms with Gasteiger partial charge in [0.05, 0.1) is 22.5 Å². The van der Waals surface area contributed by atoms with Gasteiger partial charge in [-0.1, -0.05) is 30.3 Å². The van der Waals surface area contributed by atoms with Gasteiger partial charge in [0.1, 0.15) is 11.4 Å². The lowest BCUT2D eigenvalue weighted by molar-refractivity contribution is -0.384. The van der Waals surface area contributed by atoms with Crippen molar-refractivity contribution in [3.05, 3.63) is 98.3 Å². The molecular weight excluding hydrogens is 504 g/mol. The molecule has 0 bridgehead atoms. The maximum Gasteiger partial charge on any atom is 0.294 e. The summed E-state index contributed by atoms with van der Waals surface area (Å²) in [5, 5.41) is 22.1. The summed E-state index contributed by atoms with van der Waals surface area (Å²) in [5.74, 6) is 0.352. The minimum Gasteiger partial charge on any atom is -0.482 e. The third-order valence-electron chi connectivity index (χ3n) is 6.13. The molecule has 0 unspecified atom stereocenters. The number of hydrogen-bond acceptors (Lipinski definition) is 7. The van der Waals surface area contributed by atoms with Gasteiger partial charge in [-0.25, -0.2) is 9.67 Å². The zero-order valence-corrected chi connectivity index (χ0v) is 20.9. The molecule has 38 heavy (non-hydrogen) atoms. The number of thiazole rings is 1. The van der Waals surface area contributed by atoms with E-state index in [4.69, 9.17) is 9.84 Å². The zero-order valence-electron chi connectivity index (χ0n) is 20.0. The molecule has 11 heteroatoms. The van der Waals surface area contributed by atoms with Gasteiger partial charge in [0.2, 0.25) is 4.80 Å². The van der Waals surface area contributed by atoms with Gasteiger partial charge in [-0.15, -0.1) is 11.3 Å².